The predicted molar refractivity (Wildman–Crippen MR) is 98.7 cm³/mol. The summed E-state index contributed by atoms with van der Waals surface area (Å²) in [7, 11) is 0.949. The molecule has 2 atom stereocenters. The summed E-state index contributed by atoms with van der Waals surface area (Å²) in [5, 5.41) is 3.00. The van der Waals surface area contributed by atoms with Crippen molar-refractivity contribution in [1.29, 1.82) is 0 Å². The smallest absolute Gasteiger partial charge is 0.283 e. The number of rotatable bonds is 6. The van der Waals surface area contributed by atoms with E-state index in [2.05, 4.69) is 19.4 Å². The van der Waals surface area contributed by atoms with Gasteiger partial charge in [0.25, 0.3) is 6.56 Å². The minimum atomic E-state index is -3.19. The van der Waals surface area contributed by atoms with Gasteiger partial charge >= 0.3 is 0 Å². The minimum Gasteiger partial charge on any atom is -0.318 e. The van der Waals surface area contributed by atoms with E-state index in [9.17, 15) is 8.42 Å². The Balaban J connectivity index is 2.65. The maximum absolute atomic E-state index is 12.7. The Morgan fingerprint density at radius 1 is 1.00 bits per heavy atom. The molecule has 1 N–H and O–H groups in total. The molecular formula is C16H33B2NO2S. The standard InChI is InChI=1S/C16H33B2NO2S/c1-16(2,13-19-4)22(20,21)18-15-10-7-5-6-9-14(17-3)11-8-12-15/h14-15,19H,5-13H2,1-4H3. The van der Waals surface area contributed by atoms with E-state index in [1.807, 2.05) is 20.9 Å². The number of hydrogen-bond acceptors (Lipinski definition) is 3. The summed E-state index contributed by atoms with van der Waals surface area (Å²) < 4.78 is 24.6. The van der Waals surface area contributed by atoms with Gasteiger partial charge in [-0.2, -0.15) is 0 Å². The minimum absolute atomic E-state index is 0.219. The Kier molecular flexibility index (Phi) is 8.55. The molecule has 6 heteroatoms. The first-order chi connectivity index (χ1) is 10.3. The van der Waals surface area contributed by atoms with Gasteiger partial charge in [0.2, 0.25) is 0 Å². The van der Waals surface area contributed by atoms with E-state index in [1.54, 1.807) is 6.56 Å². The van der Waals surface area contributed by atoms with Crippen molar-refractivity contribution in [2.24, 2.45) is 0 Å². The van der Waals surface area contributed by atoms with Crippen molar-refractivity contribution in [3.63, 3.8) is 0 Å². The van der Waals surface area contributed by atoms with E-state index in [4.69, 9.17) is 0 Å². The van der Waals surface area contributed by atoms with Crippen LogP contribution in [0.5, 0.6) is 0 Å². The van der Waals surface area contributed by atoms with Gasteiger partial charge in [-0.1, -0.05) is 69.8 Å². The van der Waals surface area contributed by atoms with Gasteiger partial charge in [0.15, 0.2) is 0 Å². The first-order valence-electron chi connectivity index (χ1n) is 8.86. The van der Waals surface area contributed by atoms with Crippen molar-refractivity contribution in [3.05, 3.63) is 0 Å². The lowest BCUT2D eigenvalue weighted by molar-refractivity contribution is 0.499. The molecule has 1 rings (SSSR count). The van der Waals surface area contributed by atoms with Gasteiger partial charge in [-0.15, -0.1) is 0 Å². The Hall–Kier alpha value is 0.0399. The highest BCUT2D eigenvalue weighted by Gasteiger charge is 2.36. The monoisotopic (exact) mass is 325 g/mol. The Bertz CT molecular complexity index is 412. The predicted octanol–water partition coefficient (Wildman–Crippen LogP) is 3.48. The van der Waals surface area contributed by atoms with E-state index in [-0.39, 0.29) is 5.82 Å². The molecule has 22 heavy (non-hydrogen) atoms. The van der Waals surface area contributed by atoms with E-state index in [0.29, 0.717) is 6.54 Å². The molecule has 0 aromatic carbocycles. The second-order valence-electron chi connectivity index (χ2n) is 7.39. The Morgan fingerprint density at radius 3 is 2.14 bits per heavy atom. The molecule has 1 saturated carbocycles. The van der Waals surface area contributed by atoms with Gasteiger partial charge in [0.05, 0.1) is 4.75 Å². The van der Waals surface area contributed by atoms with Crippen LogP contribution in [-0.2, 0) is 9.69 Å². The quantitative estimate of drug-likeness (QED) is 0.761. The molecule has 3 nitrogen and oxygen atoms in total. The fraction of sp³-hybridized carbons (Fsp3) is 1.00. The van der Waals surface area contributed by atoms with E-state index >= 15 is 0 Å². The first-order valence-corrected chi connectivity index (χ1v) is 10.4. The van der Waals surface area contributed by atoms with Gasteiger partial charge < -0.3 is 5.32 Å². The van der Waals surface area contributed by atoms with Crippen LogP contribution in [0.4, 0.5) is 0 Å². The lowest BCUT2D eigenvalue weighted by Gasteiger charge is -2.27. The highest BCUT2D eigenvalue weighted by molar-refractivity contribution is 8.16. The van der Waals surface area contributed by atoms with Crippen molar-refractivity contribution in [1.82, 2.24) is 5.32 Å². The topological polar surface area (TPSA) is 46.2 Å². The van der Waals surface area contributed by atoms with Gasteiger partial charge in [0.1, 0.15) is 17.0 Å². The fourth-order valence-corrected chi connectivity index (χ4v) is 4.85. The average molecular weight is 325 g/mol. The van der Waals surface area contributed by atoms with Crippen molar-refractivity contribution in [2.45, 2.75) is 88.4 Å². The van der Waals surface area contributed by atoms with Crippen LogP contribution < -0.4 is 5.32 Å². The Morgan fingerprint density at radius 2 is 1.55 bits per heavy atom. The molecule has 0 aromatic heterocycles. The zero-order chi connectivity index (χ0) is 16.6. The van der Waals surface area contributed by atoms with E-state index in [0.717, 1.165) is 31.5 Å². The molecule has 0 amide bonds. The summed E-state index contributed by atoms with van der Waals surface area (Å²) in [5.74, 6) is 0.938. The third kappa shape index (κ3) is 6.27. The van der Waals surface area contributed by atoms with Crippen LogP contribution in [0.1, 0.15) is 65.2 Å². The summed E-state index contributed by atoms with van der Waals surface area (Å²) in [5.41, 5.74) is 0. The second-order valence-corrected chi connectivity index (χ2v) is 9.86. The highest BCUT2D eigenvalue weighted by atomic mass is 32.2. The molecule has 0 heterocycles. The Labute approximate surface area is 139 Å². The lowest BCUT2D eigenvalue weighted by Crippen LogP contribution is -2.44. The molecule has 126 valence electrons. The van der Waals surface area contributed by atoms with Crippen LogP contribution in [0, 0.1) is 0 Å². The lowest BCUT2D eigenvalue weighted by atomic mass is 9.62. The molecule has 2 radical (unpaired) electrons. The third-order valence-electron chi connectivity index (χ3n) is 5.02. The molecule has 2 unspecified atom stereocenters. The number of hydrogen-bond donors (Lipinski definition) is 1. The zero-order valence-corrected chi connectivity index (χ0v) is 15.7. The maximum Gasteiger partial charge on any atom is 0.283 e. The fourth-order valence-electron chi connectivity index (χ4n) is 3.35. The molecule has 0 aliphatic heterocycles. The SMILES string of the molecule is C[B]C1CCCCCC([B]S(=O)(=O)C(C)(C)CNC)CCC1. The van der Waals surface area contributed by atoms with E-state index < -0.39 is 14.4 Å². The molecule has 0 spiro atoms. The molecule has 0 aromatic rings. The summed E-state index contributed by atoms with van der Waals surface area (Å²) in [6.07, 6.45) is 9.35. The van der Waals surface area contributed by atoms with Crippen molar-refractivity contribution in [3.8, 4) is 0 Å². The molecule has 1 aliphatic carbocycles. The summed E-state index contributed by atoms with van der Waals surface area (Å²) in [6, 6.07) is 0. The van der Waals surface area contributed by atoms with Crippen LogP contribution in [-0.4, -0.2) is 40.6 Å². The van der Waals surface area contributed by atoms with Crippen LogP contribution in [0.2, 0.25) is 18.5 Å². The van der Waals surface area contributed by atoms with Crippen molar-refractivity contribution >= 4 is 23.5 Å². The zero-order valence-electron chi connectivity index (χ0n) is 14.9. The average Bonchev–Trinajstić information content (AvgIpc) is 2.44. The van der Waals surface area contributed by atoms with Gasteiger partial charge in [-0.3, -0.25) is 0 Å². The van der Waals surface area contributed by atoms with Gasteiger partial charge in [-0.25, -0.2) is 8.42 Å². The molecule has 0 bridgehead atoms. The third-order valence-corrected chi connectivity index (χ3v) is 7.44. The summed E-state index contributed by atoms with van der Waals surface area (Å²) in [4.78, 5) is 0. The largest absolute Gasteiger partial charge is 0.318 e. The van der Waals surface area contributed by atoms with Crippen LogP contribution in [0.25, 0.3) is 0 Å². The van der Waals surface area contributed by atoms with E-state index in [1.165, 1.54) is 25.7 Å². The van der Waals surface area contributed by atoms with Crippen LogP contribution in [0.15, 0.2) is 0 Å². The number of nitrogens with one attached hydrogen (secondary N) is 1. The second kappa shape index (κ2) is 9.36. The summed E-state index contributed by atoms with van der Waals surface area (Å²) >= 11 is 0. The molecule has 1 aliphatic rings. The van der Waals surface area contributed by atoms with Crippen molar-refractivity contribution < 1.29 is 8.42 Å². The van der Waals surface area contributed by atoms with Gasteiger partial charge in [-0.05, 0) is 20.9 Å². The molecule has 0 saturated heterocycles. The summed E-state index contributed by atoms with van der Waals surface area (Å²) in [6.45, 7) is 7.96. The van der Waals surface area contributed by atoms with Gasteiger partial charge in [0, 0.05) is 6.54 Å². The highest BCUT2D eigenvalue weighted by Crippen LogP contribution is 2.31. The van der Waals surface area contributed by atoms with Crippen LogP contribution >= 0.6 is 0 Å². The maximum atomic E-state index is 12.7. The first kappa shape index (κ1) is 20.1. The van der Waals surface area contributed by atoms with Crippen molar-refractivity contribution in [2.75, 3.05) is 13.6 Å². The van der Waals surface area contributed by atoms with Crippen LogP contribution in [0.3, 0.4) is 0 Å². The molecular weight excluding hydrogens is 292 g/mol. The normalized spacial score (nSPS) is 25.5. The molecule has 1 fully saturated rings.